The molecule has 0 aliphatic heterocycles. The highest BCUT2D eigenvalue weighted by Gasteiger charge is 2.68. The van der Waals surface area contributed by atoms with Crippen molar-refractivity contribution in [2.75, 3.05) is 6.61 Å². The van der Waals surface area contributed by atoms with Crippen molar-refractivity contribution >= 4 is 23.3 Å². The maximum absolute atomic E-state index is 13.4. The fourth-order valence-electron chi connectivity index (χ4n) is 4.43. The van der Waals surface area contributed by atoms with E-state index in [9.17, 15) is 19.2 Å². The van der Waals surface area contributed by atoms with Crippen LogP contribution in [-0.4, -0.2) is 23.8 Å². The highest BCUT2D eigenvalue weighted by Crippen LogP contribution is 2.69. The molecule has 1 N–H and O–H groups in total. The first-order chi connectivity index (χ1) is 13.3. The number of benzene rings is 1. The van der Waals surface area contributed by atoms with Gasteiger partial charge in [-0.25, -0.2) is 4.39 Å². The van der Waals surface area contributed by atoms with Crippen molar-refractivity contribution in [3.63, 3.8) is 0 Å². The third-order valence-electron chi connectivity index (χ3n) is 5.44. The molecule has 0 unspecified atom stereocenters. The van der Waals surface area contributed by atoms with Crippen LogP contribution in [0.3, 0.4) is 0 Å². The first kappa shape index (κ1) is 18.7. The average Bonchev–Trinajstić information content (AvgIpc) is 2.59. The predicted octanol–water partition coefficient (Wildman–Crippen LogP) is 2.80. The number of amides is 1. The Morgan fingerprint density at radius 1 is 1.29 bits per heavy atom. The Kier molecular flexibility index (Phi) is 4.50. The number of ketones is 1. The van der Waals surface area contributed by atoms with Gasteiger partial charge in [0, 0.05) is 24.1 Å². The molecule has 0 spiro atoms. The fraction of sp³-hybridized carbons (Fsp3) is 0.350. The van der Waals surface area contributed by atoms with Gasteiger partial charge in [0.05, 0.1) is 10.6 Å². The zero-order valence-electron chi connectivity index (χ0n) is 14.9. The van der Waals surface area contributed by atoms with Gasteiger partial charge in [-0.05, 0) is 42.9 Å². The van der Waals surface area contributed by atoms with Gasteiger partial charge in [-0.1, -0.05) is 11.6 Å². The summed E-state index contributed by atoms with van der Waals surface area (Å²) >= 11 is 5.61. The van der Waals surface area contributed by atoms with E-state index >= 15 is 0 Å². The van der Waals surface area contributed by atoms with E-state index in [1.807, 2.05) is 0 Å². The Morgan fingerprint density at radius 3 is 2.71 bits per heavy atom. The molecule has 146 valence electrons. The molecule has 3 saturated carbocycles. The SMILES string of the molecule is O=C(COc1ccc(Cl)c(F)c1)NC12CC(CC(=O)c3ccc[n+]([O-])c3)(C1)C2. The monoisotopic (exact) mass is 404 g/mol. The molecular weight excluding hydrogens is 387 g/mol. The number of halogens is 2. The van der Waals surface area contributed by atoms with Crippen molar-refractivity contribution < 1.29 is 23.4 Å². The van der Waals surface area contributed by atoms with Gasteiger partial charge < -0.3 is 15.3 Å². The Balaban J connectivity index is 1.24. The number of Topliss-reactive ketones (excluding diaryl/α,β-unsaturated/α-hetero) is 1. The second-order valence-corrected chi connectivity index (χ2v) is 8.18. The molecule has 3 fully saturated rings. The molecule has 0 radical (unpaired) electrons. The number of hydrogen-bond acceptors (Lipinski definition) is 4. The number of rotatable bonds is 7. The molecule has 1 aromatic heterocycles. The lowest BCUT2D eigenvalue weighted by atomic mass is 9.38. The Bertz CT molecular complexity index is 945. The molecule has 1 heterocycles. The third-order valence-corrected chi connectivity index (χ3v) is 5.74. The first-order valence-electron chi connectivity index (χ1n) is 8.89. The second kappa shape index (κ2) is 6.74. The zero-order valence-corrected chi connectivity index (χ0v) is 15.7. The molecule has 2 aromatic rings. The van der Waals surface area contributed by atoms with Crippen molar-refractivity contribution in [3.05, 3.63) is 64.3 Å². The highest BCUT2D eigenvalue weighted by atomic mass is 35.5. The summed E-state index contributed by atoms with van der Waals surface area (Å²) in [6.07, 6.45) is 5.19. The largest absolute Gasteiger partial charge is 0.619 e. The Labute approximate surface area is 165 Å². The summed E-state index contributed by atoms with van der Waals surface area (Å²) in [4.78, 5) is 24.5. The van der Waals surface area contributed by atoms with Gasteiger partial charge in [-0.2, -0.15) is 4.73 Å². The van der Waals surface area contributed by atoms with E-state index < -0.39 is 5.82 Å². The van der Waals surface area contributed by atoms with Crippen LogP contribution in [0.1, 0.15) is 36.0 Å². The molecule has 3 aliphatic carbocycles. The number of nitrogens with zero attached hydrogens (tertiary/aromatic N) is 1. The first-order valence-corrected chi connectivity index (χ1v) is 9.27. The topological polar surface area (TPSA) is 82.3 Å². The van der Waals surface area contributed by atoms with Gasteiger partial charge in [0.15, 0.2) is 24.8 Å². The Morgan fingerprint density at radius 2 is 2.04 bits per heavy atom. The minimum absolute atomic E-state index is 0.00825. The number of aromatic nitrogens is 1. The fourth-order valence-corrected chi connectivity index (χ4v) is 4.55. The lowest BCUT2D eigenvalue weighted by Crippen LogP contribution is -2.75. The number of pyridine rings is 1. The molecule has 0 atom stereocenters. The molecule has 1 aromatic carbocycles. The van der Waals surface area contributed by atoms with Crippen LogP contribution in [0.4, 0.5) is 4.39 Å². The second-order valence-electron chi connectivity index (χ2n) is 7.78. The van der Waals surface area contributed by atoms with Gasteiger partial charge >= 0.3 is 0 Å². The van der Waals surface area contributed by atoms with E-state index in [1.54, 1.807) is 12.1 Å². The van der Waals surface area contributed by atoms with Crippen LogP contribution >= 0.6 is 11.6 Å². The van der Waals surface area contributed by atoms with Gasteiger partial charge in [-0.15, -0.1) is 0 Å². The number of carbonyl (C=O) groups is 2. The number of ether oxygens (including phenoxy) is 1. The van der Waals surface area contributed by atoms with Crippen LogP contribution in [-0.2, 0) is 4.79 Å². The molecule has 2 bridgehead atoms. The van der Waals surface area contributed by atoms with E-state index in [-0.39, 0.29) is 40.0 Å². The maximum atomic E-state index is 13.4. The van der Waals surface area contributed by atoms with Crippen molar-refractivity contribution in [1.82, 2.24) is 5.32 Å². The lowest BCUT2D eigenvalue weighted by molar-refractivity contribution is -0.605. The maximum Gasteiger partial charge on any atom is 0.258 e. The minimum Gasteiger partial charge on any atom is -0.619 e. The van der Waals surface area contributed by atoms with Crippen molar-refractivity contribution in [3.8, 4) is 5.75 Å². The van der Waals surface area contributed by atoms with E-state index in [0.717, 1.165) is 25.3 Å². The van der Waals surface area contributed by atoms with Crippen LogP contribution in [0.25, 0.3) is 0 Å². The summed E-state index contributed by atoms with van der Waals surface area (Å²) < 4.78 is 19.3. The quantitative estimate of drug-likeness (QED) is 0.437. The average molecular weight is 405 g/mol. The molecule has 8 heteroatoms. The van der Waals surface area contributed by atoms with E-state index in [2.05, 4.69) is 5.32 Å². The van der Waals surface area contributed by atoms with Crippen LogP contribution in [0.15, 0.2) is 42.7 Å². The summed E-state index contributed by atoms with van der Waals surface area (Å²) in [5.41, 5.74) is 0.0405. The van der Waals surface area contributed by atoms with Crippen LogP contribution in [0, 0.1) is 16.4 Å². The zero-order chi connectivity index (χ0) is 19.9. The van der Waals surface area contributed by atoms with Gasteiger partial charge in [-0.3, -0.25) is 9.59 Å². The lowest BCUT2D eigenvalue weighted by Gasteiger charge is -2.70. The van der Waals surface area contributed by atoms with Crippen LogP contribution < -0.4 is 14.8 Å². The molecule has 1 amide bonds. The number of nitrogens with one attached hydrogen (secondary N) is 1. The molecule has 28 heavy (non-hydrogen) atoms. The molecule has 6 nitrogen and oxygen atoms in total. The summed E-state index contributed by atoms with van der Waals surface area (Å²) in [5.74, 6) is -0.718. The smallest absolute Gasteiger partial charge is 0.258 e. The summed E-state index contributed by atoms with van der Waals surface area (Å²) in [7, 11) is 0. The normalized spacial score (nSPS) is 24.6. The van der Waals surface area contributed by atoms with Gasteiger partial charge in [0.2, 0.25) is 0 Å². The van der Waals surface area contributed by atoms with Crippen molar-refractivity contribution in [2.45, 2.75) is 31.2 Å². The number of carbonyl (C=O) groups excluding carboxylic acids is 2. The molecule has 5 rings (SSSR count). The number of hydrogen-bond donors (Lipinski definition) is 1. The van der Waals surface area contributed by atoms with Crippen LogP contribution in [0.2, 0.25) is 5.02 Å². The van der Waals surface area contributed by atoms with Crippen molar-refractivity contribution in [2.24, 2.45) is 5.41 Å². The van der Waals surface area contributed by atoms with E-state index in [0.29, 0.717) is 16.7 Å². The summed E-state index contributed by atoms with van der Waals surface area (Å²) in [5, 5.41) is 14.2. The third kappa shape index (κ3) is 3.54. The Hall–Kier alpha value is -2.67. The highest BCUT2D eigenvalue weighted by molar-refractivity contribution is 6.30. The molecule has 3 aliphatic rings. The van der Waals surface area contributed by atoms with E-state index in [4.69, 9.17) is 16.3 Å². The molecule has 0 saturated heterocycles. The van der Waals surface area contributed by atoms with Crippen molar-refractivity contribution in [1.29, 1.82) is 0 Å². The molecular formula is C20H18ClFN2O4. The van der Waals surface area contributed by atoms with Gasteiger partial charge in [0.1, 0.15) is 11.6 Å². The predicted molar refractivity (Wildman–Crippen MR) is 98.4 cm³/mol. The summed E-state index contributed by atoms with van der Waals surface area (Å²) in [6.45, 7) is -0.220. The van der Waals surface area contributed by atoms with Crippen LogP contribution in [0.5, 0.6) is 5.75 Å². The standard InChI is InChI=1S/C20H18ClFN2O4/c21-15-4-3-14(6-16(15)22)28-9-18(26)23-20-10-19(11-20,12-20)7-17(25)13-2-1-5-24(27)8-13/h1-6,8H,7,9-12H2,(H,23,26). The summed E-state index contributed by atoms with van der Waals surface area (Å²) in [6, 6.07) is 7.18. The van der Waals surface area contributed by atoms with E-state index in [1.165, 1.54) is 24.5 Å². The minimum atomic E-state index is -0.605. The van der Waals surface area contributed by atoms with Gasteiger partial charge in [0.25, 0.3) is 5.91 Å².